The fourth-order valence-electron chi connectivity index (χ4n) is 3.40. The molecule has 2 aromatic rings. The molecule has 0 atom stereocenters. The van der Waals surface area contributed by atoms with Crippen LogP contribution in [0.3, 0.4) is 0 Å². The molecule has 144 valence electrons. The molecule has 0 bridgehead atoms. The SMILES string of the molecule is CNc1ccc(Nc2ccc(N3CCC(CF)CC3)cc2)cc1N(C)N=O. The molecular weight excluding hydrogens is 345 g/mol. The number of hydrogen-bond donors (Lipinski definition) is 2. The molecular formula is C20H26FN5O. The van der Waals surface area contributed by atoms with Crippen molar-refractivity contribution in [2.45, 2.75) is 12.8 Å². The Morgan fingerprint density at radius 2 is 1.81 bits per heavy atom. The first-order valence-corrected chi connectivity index (χ1v) is 9.21. The average Bonchev–Trinajstić information content (AvgIpc) is 2.73. The average molecular weight is 371 g/mol. The minimum Gasteiger partial charge on any atom is -0.386 e. The first-order chi connectivity index (χ1) is 13.1. The Morgan fingerprint density at radius 3 is 2.41 bits per heavy atom. The number of halogens is 1. The molecule has 3 rings (SSSR count). The van der Waals surface area contributed by atoms with E-state index in [0.717, 1.165) is 48.7 Å². The molecule has 2 N–H and O–H groups in total. The highest BCUT2D eigenvalue weighted by molar-refractivity contribution is 5.76. The third-order valence-corrected chi connectivity index (χ3v) is 5.09. The van der Waals surface area contributed by atoms with Crippen molar-refractivity contribution in [3.05, 3.63) is 47.4 Å². The maximum Gasteiger partial charge on any atom is 0.0923 e. The third kappa shape index (κ3) is 4.48. The second kappa shape index (κ2) is 8.70. The van der Waals surface area contributed by atoms with E-state index in [1.807, 2.05) is 30.3 Å². The predicted octanol–water partition coefficient (Wildman–Crippen LogP) is 4.78. The Morgan fingerprint density at radius 1 is 1.15 bits per heavy atom. The molecule has 1 aliphatic heterocycles. The summed E-state index contributed by atoms with van der Waals surface area (Å²) in [6.07, 6.45) is 1.82. The summed E-state index contributed by atoms with van der Waals surface area (Å²) in [6.45, 7) is 1.60. The van der Waals surface area contributed by atoms with Crippen molar-refractivity contribution in [2.75, 3.05) is 54.4 Å². The van der Waals surface area contributed by atoms with Gasteiger partial charge in [0.25, 0.3) is 0 Å². The van der Waals surface area contributed by atoms with Crippen LogP contribution in [0.25, 0.3) is 0 Å². The van der Waals surface area contributed by atoms with Crippen LogP contribution in [0.2, 0.25) is 0 Å². The minimum absolute atomic E-state index is 0.208. The predicted molar refractivity (Wildman–Crippen MR) is 111 cm³/mol. The van der Waals surface area contributed by atoms with E-state index in [-0.39, 0.29) is 12.6 Å². The first kappa shape index (κ1) is 18.9. The van der Waals surface area contributed by atoms with Crippen molar-refractivity contribution < 1.29 is 4.39 Å². The van der Waals surface area contributed by atoms with Gasteiger partial charge in [0.15, 0.2) is 0 Å². The largest absolute Gasteiger partial charge is 0.386 e. The summed E-state index contributed by atoms with van der Waals surface area (Å²) in [7, 11) is 3.42. The van der Waals surface area contributed by atoms with Crippen LogP contribution in [0.5, 0.6) is 0 Å². The number of anilines is 5. The lowest BCUT2D eigenvalue weighted by Crippen LogP contribution is -2.34. The normalized spacial score (nSPS) is 14.7. The van der Waals surface area contributed by atoms with Crippen LogP contribution in [0.4, 0.5) is 32.8 Å². The van der Waals surface area contributed by atoms with E-state index in [1.54, 1.807) is 14.1 Å². The zero-order valence-electron chi connectivity index (χ0n) is 15.8. The summed E-state index contributed by atoms with van der Waals surface area (Å²) in [6, 6.07) is 14.0. The monoisotopic (exact) mass is 371 g/mol. The Bertz CT molecular complexity index is 759. The van der Waals surface area contributed by atoms with Crippen LogP contribution < -0.4 is 20.5 Å². The highest BCUT2D eigenvalue weighted by Crippen LogP contribution is 2.31. The molecule has 2 aromatic carbocycles. The first-order valence-electron chi connectivity index (χ1n) is 9.21. The number of alkyl halides is 1. The summed E-state index contributed by atoms with van der Waals surface area (Å²) in [4.78, 5) is 13.2. The van der Waals surface area contributed by atoms with E-state index < -0.39 is 0 Å². The summed E-state index contributed by atoms with van der Waals surface area (Å²) in [5.74, 6) is 0.218. The van der Waals surface area contributed by atoms with Gasteiger partial charge in [-0.2, -0.15) is 0 Å². The van der Waals surface area contributed by atoms with Gasteiger partial charge >= 0.3 is 0 Å². The quantitative estimate of drug-likeness (QED) is 0.542. The molecule has 1 fully saturated rings. The van der Waals surface area contributed by atoms with Gasteiger partial charge in [-0.25, -0.2) is 5.01 Å². The molecule has 7 heteroatoms. The van der Waals surface area contributed by atoms with Gasteiger partial charge in [0.1, 0.15) is 0 Å². The second-order valence-electron chi connectivity index (χ2n) is 6.84. The molecule has 1 aliphatic rings. The Hall–Kier alpha value is -2.83. The number of rotatable bonds is 7. The molecule has 1 heterocycles. The topological polar surface area (TPSA) is 60.0 Å². The van der Waals surface area contributed by atoms with Crippen molar-refractivity contribution in [1.29, 1.82) is 0 Å². The Labute approximate surface area is 159 Å². The zero-order chi connectivity index (χ0) is 19.2. The van der Waals surface area contributed by atoms with Gasteiger partial charge in [0.05, 0.1) is 23.3 Å². The molecule has 0 radical (unpaired) electrons. The second-order valence-corrected chi connectivity index (χ2v) is 6.84. The van der Waals surface area contributed by atoms with Crippen LogP contribution >= 0.6 is 0 Å². The van der Waals surface area contributed by atoms with Crippen LogP contribution in [-0.4, -0.2) is 33.9 Å². The van der Waals surface area contributed by atoms with Crippen molar-refractivity contribution in [3.63, 3.8) is 0 Å². The number of hydrogen-bond acceptors (Lipinski definition) is 5. The number of nitroso groups, excluding NO2 is 1. The van der Waals surface area contributed by atoms with E-state index in [0.29, 0.717) is 5.69 Å². The lowest BCUT2D eigenvalue weighted by molar-refractivity contribution is 0.307. The maximum atomic E-state index is 12.8. The molecule has 0 aliphatic carbocycles. The minimum atomic E-state index is -0.208. The van der Waals surface area contributed by atoms with E-state index >= 15 is 0 Å². The highest BCUT2D eigenvalue weighted by Gasteiger charge is 2.19. The summed E-state index contributed by atoms with van der Waals surface area (Å²) in [5.41, 5.74) is 4.52. The van der Waals surface area contributed by atoms with Crippen molar-refractivity contribution in [2.24, 2.45) is 11.2 Å². The maximum absolute atomic E-state index is 12.8. The Kier molecular flexibility index (Phi) is 6.11. The van der Waals surface area contributed by atoms with E-state index in [2.05, 4.69) is 33.0 Å². The molecule has 0 unspecified atom stereocenters. The molecule has 1 saturated heterocycles. The summed E-state index contributed by atoms with van der Waals surface area (Å²) < 4.78 is 12.8. The zero-order valence-corrected chi connectivity index (χ0v) is 15.8. The van der Waals surface area contributed by atoms with E-state index in [4.69, 9.17) is 0 Å². The van der Waals surface area contributed by atoms with Gasteiger partial charge in [0, 0.05) is 44.2 Å². The number of piperidine rings is 1. The lowest BCUT2D eigenvalue weighted by Gasteiger charge is -2.32. The van der Waals surface area contributed by atoms with Crippen molar-refractivity contribution in [1.82, 2.24) is 0 Å². The van der Waals surface area contributed by atoms with Crippen LogP contribution in [0.1, 0.15) is 12.8 Å². The fraction of sp³-hybridized carbons (Fsp3) is 0.400. The van der Waals surface area contributed by atoms with Crippen molar-refractivity contribution in [3.8, 4) is 0 Å². The lowest BCUT2D eigenvalue weighted by atomic mass is 9.98. The fourth-order valence-corrected chi connectivity index (χ4v) is 3.40. The standard InChI is InChI=1S/C20H26FN5O/c1-22-19-8-5-17(13-20(19)25(2)24-27)23-16-3-6-18(7-4-16)26-11-9-15(14-21)10-12-26/h3-8,13,15,22-23H,9-12,14H2,1-2H3. The molecule has 0 aromatic heterocycles. The summed E-state index contributed by atoms with van der Waals surface area (Å²) in [5, 5.41) is 10.7. The van der Waals surface area contributed by atoms with Crippen LogP contribution in [0, 0.1) is 10.8 Å². The molecule has 0 amide bonds. The number of nitrogens with zero attached hydrogens (tertiary/aromatic N) is 3. The number of benzene rings is 2. The Balaban J connectivity index is 1.69. The van der Waals surface area contributed by atoms with Crippen molar-refractivity contribution >= 4 is 28.4 Å². The smallest absolute Gasteiger partial charge is 0.0923 e. The van der Waals surface area contributed by atoms with E-state index in [1.165, 1.54) is 5.01 Å². The van der Waals surface area contributed by atoms with Crippen LogP contribution in [0.15, 0.2) is 47.8 Å². The number of nitrogens with one attached hydrogen (secondary N) is 2. The molecule has 6 nitrogen and oxygen atoms in total. The van der Waals surface area contributed by atoms with E-state index in [9.17, 15) is 9.30 Å². The molecule has 27 heavy (non-hydrogen) atoms. The van der Waals surface area contributed by atoms with Gasteiger partial charge in [-0.1, -0.05) is 0 Å². The van der Waals surface area contributed by atoms with Crippen LogP contribution in [-0.2, 0) is 0 Å². The molecule has 0 saturated carbocycles. The van der Waals surface area contributed by atoms with Gasteiger partial charge in [-0.3, -0.25) is 4.39 Å². The van der Waals surface area contributed by atoms with Gasteiger partial charge in [-0.05, 0) is 61.2 Å². The highest BCUT2D eigenvalue weighted by atomic mass is 19.1. The summed E-state index contributed by atoms with van der Waals surface area (Å²) >= 11 is 0. The third-order valence-electron chi connectivity index (χ3n) is 5.09. The molecule has 0 spiro atoms. The van der Waals surface area contributed by atoms with Gasteiger partial charge in [0.2, 0.25) is 0 Å². The van der Waals surface area contributed by atoms with Gasteiger partial charge < -0.3 is 15.5 Å². The van der Waals surface area contributed by atoms with Gasteiger partial charge in [-0.15, -0.1) is 4.91 Å².